The van der Waals surface area contributed by atoms with E-state index in [0.717, 1.165) is 36.8 Å². The number of rotatable bonds is 6. The average molecular weight is 494 g/mol. The van der Waals surface area contributed by atoms with E-state index in [-0.39, 0.29) is 19.0 Å². The van der Waals surface area contributed by atoms with Crippen LogP contribution in [0.3, 0.4) is 0 Å². The highest BCUT2D eigenvalue weighted by Gasteiger charge is 2.18. The molecular formula is C31H31N3O3. The van der Waals surface area contributed by atoms with Crippen LogP contribution < -0.4 is 4.74 Å². The fourth-order valence-corrected chi connectivity index (χ4v) is 5.45. The largest absolute Gasteiger partial charge is 0.507 e. The SMILES string of the molecule is OCCOc1ccc(-c2nc(-c3ccc4c(c3)CCCC4)nc(-c3ccc4c(c3)CCCC4)n2)c(O)c1. The number of hydrogen-bond acceptors (Lipinski definition) is 6. The van der Waals surface area contributed by atoms with Crippen LogP contribution in [0.5, 0.6) is 11.5 Å². The molecule has 1 aromatic heterocycles. The van der Waals surface area contributed by atoms with E-state index in [1.165, 1.54) is 54.0 Å². The lowest BCUT2D eigenvalue weighted by molar-refractivity contribution is 0.201. The van der Waals surface area contributed by atoms with Gasteiger partial charge in [0.25, 0.3) is 0 Å². The van der Waals surface area contributed by atoms with Crippen molar-refractivity contribution in [1.82, 2.24) is 15.0 Å². The van der Waals surface area contributed by atoms with Crippen LogP contribution in [0.25, 0.3) is 34.2 Å². The zero-order chi connectivity index (χ0) is 25.2. The summed E-state index contributed by atoms with van der Waals surface area (Å²) in [5.41, 5.74) is 8.00. The monoisotopic (exact) mass is 493 g/mol. The predicted molar refractivity (Wildman–Crippen MR) is 144 cm³/mol. The van der Waals surface area contributed by atoms with E-state index in [2.05, 4.69) is 36.4 Å². The third-order valence-electron chi connectivity index (χ3n) is 7.42. The van der Waals surface area contributed by atoms with Gasteiger partial charge in [0.2, 0.25) is 0 Å². The highest BCUT2D eigenvalue weighted by atomic mass is 16.5. The molecule has 6 rings (SSSR count). The lowest BCUT2D eigenvalue weighted by Gasteiger charge is -2.18. The van der Waals surface area contributed by atoms with Crippen molar-refractivity contribution >= 4 is 0 Å². The van der Waals surface area contributed by atoms with Crippen molar-refractivity contribution in [2.75, 3.05) is 13.2 Å². The van der Waals surface area contributed by atoms with Crippen LogP contribution in [0, 0.1) is 0 Å². The Kier molecular flexibility index (Phi) is 6.58. The number of hydrogen-bond donors (Lipinski definition) is 2. The molecule has 3 aromatic carbocycles. The number of fused-ring (bicyclic) bond motifs is 2. The summed E-state index contributed by atoms with van der Waals surface area (Å²) in [6.45, 7) is 0.0692. The molecule has 2 aliphatic carbocycles. The summed E-state index contributed by atoms with van der Waals surface area (Å²) in [7, 11) is 0. The van der Waals surface area contributed by atoms with E-state index in [9.17, 15) is 5.11 Å². The van der Waals surface area contributed by atoms with E-state index < -0.39 is 0 Å². The van der Waals surface area contributed by atoms with Gasteiger partial charge in [-0.3, -0.25) is 0 Å². The van der Waals surface area contributed by atoms with Crippen LogP contribution in [-0.2, 0) is 25.7 Å². The van der Waals surface area contributed by atoms with Crippen LogP contribution in [0.1, 0.15) is 47.9 Å². The Morgan fingerprint density at radius 1 is 0.622 bits per heavy atom. The molecule has 188 valence electrons. The number of nitrogens with zero attached hydrogens (tertiary/aromatic N) is 3. The van der Waals surface area contributed by atoms with Gasteiger partial charge < -0.3 is 14.9 Å². The highest BCUT2D eigenvalue weighted by Crippen LogP contribution is 2.34. The van der Waals surface area contributed by atoms with Crippen LogP contribution >= 0.6 is 0 Å². The summed E-state index contributed by atoms with van der Waals surface area (Å²) < 4.78 is 5.46. The molecule has 6 heteroatoms. The van der Waals surface area contributed by atoms with Gasteiger partial charge in [0, 0.05) is 17.2 Å². The second kappa shape index (κ2) is 10.3. The number of aliphatic hydroxyl groups is 1. The zero-order valence-corrected chi connectivity index (χ0v) is 20.9. The molecular weight excluding hydrogens is 462 g/mol. The molecule has 2 aliphatic rings. The number of aryl methyl sites for hydroxylation is 4. The van der Waals surface area contributed by atoms with Crippen molar-refractivity contribution in [3.8, 4) is 45.7 Å². The molecule has 0 aliphatic heterocycles. The molecule has 4 aromatic rings. The first kappa shape index (κ1) is 23.6. The Labute approximate surface area is 217 Å². The van der Waals surface area contributed by atoms with Gasteiger partial charge in [-0.05, 0) is 97.9 Å². The molecule has 1 heterocycles. The normalized spacial score (nSPS) is 14.6. The minimum Gasteiger partial charge on any atom is -0.507 e. The third-order valence-corrected chi connectivity index (χ3v) is 7.42. The third kappa shape index (κ3) is 4.94. The van der Waals surface area contributed by atoms with Crippen molar-refractivity contribution < 1.29 is 14.9 Å². The zero-order valence-electron chi connectivity index (χ0n) is 20.9. The molecule has 0 bridgehead atoms. The minimum absolute atomic E-state index is 0.0226. The van der Waals surface area contributed by atoms with Gasteiger partial charge in [0.15, 0.2) is 17.5 Å². The van der Waals surface area contributed by atoms with Crippen molar-refractivity contribution in [3.63, 3.8) is 0 Å². The Bertz CT molecular complexity index is 1370. The Morgan fingerprint density at radius 3 is 1.70 bits per heavy atom. The molecule has 0 fully saturated rings. The lowest BCUT2D eigenvalue weighted by atomic mass is 9.90. The number of phenolic OH excluding ortho intramolecular Hbond substituents is 1. The lowest BCUT2D eigenvalue weighted by Crippen LogP contribution is -2.05. The Morgan fingerprint density at radius 2 is 1.16 bits per heavy atom. The van der Waals surface area contributed by atoms with Crippen molar-refractivity contribution in [2.45, 2.75) is 51.4 Å². The average Bonchev–Trinajstić information content (AvgIpc) is 2.95. The summed E-state index contributed by atoms with van der Waals surface area (Å²) >= 11 is 0. The van der Waals surface area contributed by atoms with Gasteiger partial charge in [0.05, 0.1) is 12.2 Å². The van der Waals surface area contributed by atoms with Crippen LogP contribution in [0.15, 0.2) is 54.6 Å². The molecule has 2 N–H and O–H groups in total. The van der Waals surface area contributed by atoms with E-state index in [0.29, 0.717) is 28.8 Å². The summed E-state index contributed by atoms with van der Waals surface area (Å²) in [5.74, 6) is 2.13. The Balaban J connectivity index is 1.46. The molecule has 0 saturated heterocycles. The smallest absolute Gasteiger partial charge is 0.167 e. The maximum absolute atomic E-state index is 10.8. The fraction of sp³-hybridized carbons (Fsp3) is 0.323. The van der Waals surface area contributed by atoms with Gasteiger partial charge in [-0.1, -0.05) is 24.3 Å². The molecule has 0 atom stereocenters. The number of aromatic hydroxyl groups is 1. The van der Waals surface area contributed by atoms with Gasteiger partial charge in [-0.15, -0.1) is 0 Å². The van der Waals surface area contributed by atoms with Gasteiger partial charge >= 0.3 is 0 Å². The van der Waals surface area contributed by atoms with Crippen molar-refractivity contribution in [2.24, 2.45) is 0 Å². The second-order valence-corrected chi connectivity index (χ2v) is 9.94. The molecule has 0 radical (unpaired) electrons. The predicted octanol–water partition coefficient (Wildman–Crippen LogP) is 5.71. The number of aliphatic hydroxyl groups excluding tert-OH is 1. The van der Waals surface area contributed by atoms with Gasteiger partial charge in [-0.2, -0.15) is 0 Å². The summed E-state index contributed by atoms with van der Waals surface area (Å²) in [6.07, 6.45) is 9.29. The Hall–Kier alpha value is -3.77. The molecule has 0 unspecified atom stereocenters. The maximum Gasteiger partial charge on any atom is 0.167 e. The van der Waals surface area contributed by atoms with Gasteiger partial charge in [-0.25, -0.2) is 15.0 Å². The van der Waals surface area contributed by atoms with Crippen LogP contribution in [0.2, 0.25) is 0 Å². The van der Waals surface area contributed by atoms with Crippen molar-refractivity contribution in [3.05, 3.63) is 76.9 Å². The van der Waals surface area contributed by atoms with E-state index in [1.807, 2.05) is 0 Å². The quantitative estimate of drug-likeness (QED) is 0.358. The summed E-state index contributed by atoms with van der Waals surface area (Å²) in [5, 5.41) is 19.9. The number of phenols is 1. The molecule has 0 amide bonds. The number of ether oxygens (including phenoxy) is 1. The number of benzene rings is 3. The topological polar surface area (TPSA) is 88.4 Å². The van der Waals surface area contributed by atoms with Gasteiger partial charge in [0.1, 0.15) is 18.1 Å². The second-order valence-electron chi connectivity index (χ2n) is 9.94. The first-order valence-electron chi connectivity index (χ1n) is 13.3. The molecule has 6 nitrogen and oxygen atoms in total. The van der Waals surface area contributed by atoms with Crippen LogP contribution in [-0.4, -0.2) is 38.4 Å². The number of aromatic nitrogens is 3. The van der Waals surface area contributed by atoms with Crippen molar-refractivity contribution in [1.29, 1.82) is 0 Å². The summed E-state index contributed by atoms with van der Waals surface area (Å²) in [6, 6.07) is 18.1. The van der Waals surface area contributed by atoms with E-state index in [4.69, 9.17) is 24.8 Å². The van der Waals surface area contributed by atoms with Crippen LogP contribution in [0.4, 0.5) is 0 Å². The first-order chi connectivity index (χ1) is 18.2. The summed E-state index contributed by atoms with van der Waals surface area (Å²) in [4.78, 5) is 14.6. The standard InChI is InChI=1S/C31H31N3O3/c35-15-16-37-26-13-14-27(28(36)19-26)31-33-29(24-11-9-20-5-1-3-7-22(20)17-24)32-30(34-31)25-12-10-21-6-2-4-8-23(21)18-25/h9-14,17-19,35-36H,1-8,15-16H2. The van der Waals surface area contributed by atoms with E-state index in [1.54, 1.807) is 12.1 Å². The molecule has 0 spiro atoms. The molecule has 37 heavy (non-hydrogen) atoms. The minimum atomic E-state index is -0.0930. The first-order valence-corrected chi connectivity index (χ1v) is 13.3. The molecule has 0 saturated carbocycles. The highest BCUT2D eigenvalue weighted by molar-refractivity contribution is 5.71. The fourth-order valence-electron chi connectivity index (χ4n) is 5.45. The van der Waals surface area contributed by atoms with E-state index >= 15 is 0 Å². The maximum atomic E-state index is 10.8.